The molecule has 6 heteroatoms. The van der Waals surface area contributed by atoms with Crippen molar-refractivity contribution in [3.05, 3.63) is 34.9 Å². The third-order valence-corrected chi connectivity index (χ3v) is 5.88. The second-order valence-electron chi connectivity index (χ2n) is 7.45. The van der Waals surface area contributed by atoms with Crippen LogP contribution in [0.2, 0.25) is 5.02 Å². The molecule has 0 bridgehead atoms. The van der Waals surface area contributed by atoms with E-state index in [9.17, 15) is 4.79 Å². The van der Waals surface area contributed by atoms with Crippen molar-refractivity contribution in [2.75, 3.05) is 32.8 Å². The van der Waals surface area contributed by atoms with E-state index in [0.717, 1.165) is 38.0 Å². The molecule has 0 radical (unpaired) electrons. The quantitative estimate of drug-likeness (QED) is 0.834. The lowest BCUT2D eigenvalue weighted by Gasteiger charge is -2.39. The molecule has 2 aliphatic rings. The second-order valence-corrected chi connectivity index (χ2v) is 7.88. The number of benzene rings is 1. The Hall–Kier alpha value is -0.810. The van der Waals surface area contributed by atoms with E-state index in [4.69, 9.17) is 16.3 Å². The Bertz CT molecular complexity index is 583. The van der Waals surface area contributed by atoms with Gasteiger partial charge in [0.2, 0.25) is 5.91 Å². The number of rotatable bonds is 4. The zero-order chi connectivity index (χ0) is 17.0. The zero-order valence-corrected chi connectivity index (χ0v) is 16.3. The summed E-state index contributed by atoms with van der Waals surface area (Å²) in [5, 5.41) is 7.32. The number of amides is 1. The highest BCUT2D eigenvalue weighted by Gasteiger charge is 2.42. The van der Waals surface area contributed by atoms with Crippen molar-refractivity contribution in [3.8, 4) is 0 Å². The van der Waals surface area contributed by atoms with Crippen molar-refractivity contribution < 1.29 is 9.53 Å². The van der Waals surface area contributed by atoms with Crippen molar-refractivity contribution in [1.82, 2.24) is 10.6 Å². The molecule has 2 saturated heterocycles. The fraction of sp³-hybridized carbons (Fsp3) is 0.632. The van der Waals surface area contributed by atoms with Gasteiger partial charge in [-0.2, -0.15) is 0 Å². The van der Waals surface area contributed by atoms with Gasteiger partial charge >= 0.3 is 0 Å². The largest absolute Gasteiger partial charge is 0.381 e. The molecule has 2 N–H and O–H groups in total. The van der Waals surface area contributed by atoms with Crippen LogP contribution in [-0.2, 0) is 14.9 Å². The number of carbonyl (C=O) groups is 1. The molecule has 1 aromatic rings. The van der Waals surface area contributed by atoms with Crippen LogP contribution in [0.3, 0.4) is 0 Å². The number of nitrogens with one attached hydrogen (secondary N) is 2. The molecule has 0 aromatic heterocycles. The molecule has 4 nitrogen and oxygen atoms in total. The molecule has 1 aromatic carbocycles. The van der Waals surface area contributed by atoms with Gasteiger partial charge in [-0.1, -0.05) is 30.7 Å². The van der Waals surface area contributed by atoms with Gasteiger partial charge in [0, 0.05) is 24.8 Å². The average molecular weight is 387 g/mol. The molecule has 2 aliphatic heterocycles. The van der Waals surface area contributed by atoms with E-state index >= 15 is 0 Å². The predicted octanol–water partition coefficient (Wildman–Crippen LogP) is 3.32. The molecule has 0 aliphatic carbocycles. The summed E-state index contributed by atoms with van der Waals surface area (Å²) in [6, 6.07) is 7.73. The minimum atomic E-state index is -0.521. The van der Waals surface area contributed by atoms with Gasteiger partial charge in [0.05, 0.1) is 5.41 Å². The molecule has 1 amide bonds. The van der Waals surface area contributed by atoms with Crippen LogP contribution in [0.5, 0.6) is 0 Å². The number of halogens is 2. The van der Waals surface area contributed by atoms with E-state index < -0.39 is 5.41 Å². The minimum Gasteiger partial charge on any atom is -0.381 e. The van der Waals surface area contributed by atoms with Crippen molar-refractivity contribution in [3.63, 3.8) is 0 Å². The van der Waals surface area contributed by atoms with Crippen LogP contribution >= 0.6 is 24.0 Å². The Morgan fingerprint density at radius 2 is 1.92 bits per heavy atom. The summed E-state index contributed by atoms with van der Waals surface area (Å²) in [7, 11) is 0. The Morgan fingerprint density at radius 1 is 1.24 bits per heavy atom. The highest BCUT2D eigenvalue weighted by atomic mass is 35.5. The highest BCUT2D eigenvalue weighted by molar-refractivity contribution is 6.30. The molecule has 0 atom stereocenters. The molecular weight excluding hydrogens is 359 g/mol. The smallest absolute Gasteiger partial charge is 0.230 e. The summed E-state index contributed by atoms with van der Waals surface area (Å²) in [4.78, 5) is 13.2. The highest BCUT2D eigenvalue weighted by Crippen LogP contribution is 2.37. The molecule has 0 unspecified atom stereocenters. The number of hydrogen-bond acceptors (Lipinski definition) is 3. The first kappa shape index (κ1) is 20.5. The van der Waals surface area contributed by atoms with E-state index in [0.29, 0.717) is 31.1 Å². The number of carbonyl (C=O) groups excluding carboxylic acids is 1. The molecule has 2 fully saturated rings. The first-order chi connectivity index (χ1) is 11.5. The van der Waals surface area contributed by atoms with Crippen LogP contribution in [0.1, 0.15) is 38.2 Å². The lowest BCUT2D eigenvalue weighted by Crippen LogP contribution is -2.51. The molecule has 25 heavy (non-hydrogen) atoms. The maximum atomic E-state index is 13.2. The first-order valence-electron chi connectivity index (χ1n) is 8.87. The van der Waals surface area contributed by atoms with Gasteiger partial charge in [0.1, 0.15) is 0 Å². The lowest BCUT2D eigenvalue weighted by molar-refractivity contribution is -0.131. The van der Waals surface area contributed by atoms with Crippen LogP contribution < -0.4 is 10.6 Å². The van der Waals surface area contributed by atoms with Gasteiger partial charge in [-0.3, -0.25) is 4.79 Å². The maximum Gasteiger partial charge on any atom is 0.230 e. The average Bonchev–Trinajstić information content (AvgIpc) is 2.61. The molecule has 3 rings (SSSR count). The second kappa shape index (κ2) is 8.72. The van der Waals surface area contributed by atoms with Gasteiger partial charge in [-0.15, -0.1) is 12.4 Å². The van der Waals surface area contributed by atoms with Crippen LogP contribution in [0.25, 0.3) is 0 Å². The molecule has 0 saturated carbocycles. The summed E-state index contributed by atoms with van der Waals surface area (Å²) in [5.41, 5.74) is 0.667. The molecule has 0 spiro atoms. The summed E-state index contributed by atoms with van der Waals surface area (Å²) < 4.78 is 5.52. The monoisotopic (exact) mass is 386 g/mol. The number of ether oxygens (including phenoxy) is 1. The van der Waals surface area contributed by atoms with E-state index in [1.807, 2.05) is 24.3 Å². The standard InChI is InChI=1S/C19H27ClN2O2.ClH/c1-18(5-9-21-10-6-18)14-22-17(23)19(7-11-24-12-8-19)15-3-2-4-16(20)13-15;/h2-4,13,21H,5-12,14H2,1H3,(H,22,23);1H. The van der Waals surface area contributed by atoms with E-state index in [1.165, 1.54) is 0 Å². The molecule has 140 valence electrons. The van der Waals surface area contributed by atoms with Crippen LogP contribution in [0.15, 0.2) is 24.3 Å². The van der Waals surface area contributed by atoms with Crippen molar-refractivity contribution in [2.24, 2.45) is 5.41 Å². The normalized spacial score (nSPS) is 21.8. The van der Waals surface area contributed by atoms with E-state index in [2.05, 4.69) is 17.6 Å². The van der Waals surface area contributed by atoms with Gasteiger partial charge < -0.3 is 15.4 Å². The summed E-state index contributed by atoms with van der Waals surface area (Å²) in [6.45, 7) is 6.28. The summed E-state index contributed by atoms with van der Waals surface area (Å²) in [6.07, 6.45) is 3.61. The lowest BCUT2D eigenvalue weighted by atomic mass is 9.73. The Kier molecular flexibility index (Phi) is 7.15. The van der Waals surface area contributed by atoms with Crippen molar-refractivity contribution >= 4 is 29.9 Å². The van der Waals surface area contributed by atoms with Gasteiger partial charge in [-0.25, -0.2) is 0 Å². The SMILES string of the molecule is CC1(CNC(=O)C2(c3cccc(Cl)c3)CCOCC2)CCNCC1.Cl. The fourth-order valence-electron chi connectivity index (χ4n) is 3.82. The van der Waals surface area contributed by atoms with Crippen LogP contribution in [0, 0.1) is 5.41 Å². The van der Waals surface area contributed by atoms with E-state index in [-0.39, 0.29) is 23.7 Å². The Labute approximate surface area is 161 Å². The van der Waals surface area contributed by atoms with Crippen molar-refractivity contribution in [2.45, 2.75) is 38.0 Å². The summed E-state index contributed by atoms with van der Waals surface area (Å²) in [5.74, 6) is 0.118. The Morgan fingerprint density at radius 3 is 2.56 bits per heavy atom. The first-order valence-corrected chi connectivity index (χ1v) is 9.25. The number of hydrogen-bond donors (Lipinski definition) is 2. The third-order valence-electron chi connectivity index (χ3n) is 5.64. The van der Waals surface area contributed by atoms with Crippen LogP contribution in [-0.4, -0.2) is 38.8 Å². The maximum absolute atomic E-state index is 13.2. The minimum absolute atomic E-state index is 0. The molecule has 2 heterocycles. The van der Waals surface area contributed by atoms with Gasteiger partial charge in [-0.05, 0) is 61.9 Å². The van der Waals surface area contributed by atoms with Crippen LogP contribution in [0.4, 0.5) is 0 Å². The fourth-order valence-corrected chi connectivity index (χ4v) is 4.01. The topological polar surface area (TPSA) is 50.4 Å². The third kappa shape index (κ3) is 4.68. The Balaban J connectivity index is 0.00000225. The predicted molar refractivity (Wildman–Crippen MR) is 104 cm³/mol. The van der Waals surface area contributed by atoms with E-state index in [1.54, 1.807) is 0 Å². The van der Waals surface area contributed by atoms with Gasteiger partial charge in [0.15, 0.2) is 0 Å². The number of piperidine rings is 1. The summed E-state index contributed by atoms with van der Waals surface area (Å²) >= 11 is 6.18. The van der Waals surface area contributed by atoms with Crippen molar-refractivity contribution in [1.29, 1.82) is 0 Å². The zero-order valence-electron chi connectivity index (χ0n) is 14.8. The van der Waals surface area contributed by atoms with Gasteiger partial charge in [0.25, 0.3) is 0 Å². The molecular formula is C19H28Cl2N2O2.